The van der Waals surface area contributed by atoms with Crippen LogP contribution >= 0.6 is 22.7 Å². The highest BCUT2D eigenvalue weighted by molar-refractivity contribution is 7.10. The number of Topliss-reactive ketones (excluding diaryl/α,β-unsaturated/α-hetero) is 1. The van der Waals surface area contributed by atoms with Gasteiger partial charge in [-0.15, -0.1) is 22.7 Å². The second kappa shape index (κ2) is 7.27. The van der Waals surface area contributed by atoms with E-state index in [4.69, 9.17) is 4.42 Å². The lowest BCUT2D eigenvalue weighted by Gasteiger charge is -2.25. The van der Waals surface area contributed by atoms with Crippen molar-refractivity contribution in [2.24, 2.45) is 0 Å². The highest BCUT2D eigenvalue weighted by atomic mass is 32.1. The predicted octanol–water partition coefficient (Wildman–Crippen LogP) is 5.64. The van der Waals surface area contributed by atoms with Crippen LogP contribution in [0.15, 0.2) is 75.0 Å². The summed E-state index contributed by atoms with van der Waals surface area (Å²) in [6.07, 6.45) is 0. The number of fused-ring (bicyclic) bond motifs is 1. The summed E-state index contributed by atoms with van der Waals surface area (Å²) in [7, 11) is 0. The quantitative estimate of drug-likeness (QED) is 0.412. The number of nitrogens with zero attached hydrogens (tertiary/aromatic N) is 1. The smallest absolute Gasteiger partial charge is 0.290 e. The molecule has 1 aliphatic rings. The van der Waals surface area contributed by atoms with Crippen LogP contribution in [0, 0.1) is 6.92 Å². The first-order valence-corrected chi connectivity index (χ1v) is 11.1. The average Bonchev–Trinajstić information content (AvgIpc) is 3.52. The molecule has 1 unspecified atom stereocenters. The lowest BCUT2D eigenvalue weighted by atomic mass is 9.98. The summed E-state index contributed by atoms with van der Waals surface area (Å²) in [6, 6.07) is 14.1. The molecule has 7 heteroatoms. The van der Waals surface area contributed by atoms with Crippen molar-refractivity contribution in [2.45, 2.75) is 19.5 Å². The van der Waals surface area contributed by atoms with Gasteiger partial charge in [-0.2, -0.15) is 0 Å². The summed E-state index contributed by atoms with van der Waals surface area (Å²) < 4.78 is 5.74. The zero-order valence-corrected chi connectivity index (χ0v) is 17.6. The fraction of sp³-hybridized carbons (Fsp3) is 0.130. The Kier molecular flexibility index (Phi) is 4.56. The number of carbonyl (C=O) groups is 2. The van der Waals surface area contributed by atoms with E-state index in [1.54, 1.807) is 17.0 Å². The minimum atomic E-state index is -0.652. The molecule has 0 aliphatic carbocycles. The van der Waals surface area contributed by atoms with Gasteiger partial charge in [-0.05, 0) is 47.5 Å². The van der Waals surface area contributed by atoms with Crippen molar-refractivity contribution in [2.75, 3.05) is 0 Å². The van der Waals surface area contributed by atoms with Crippen LogP contribution in [0.5, 0.6) is 0 Å². The van der Waals surface area contributed by atoms with Crippen molar-refractivity contribution in [3.63, 3.8) is 0 Å². The maximum atomic E-state index is 13.5. The van der Waals surface area contributed by atoms with Gasteiger partial charge in [-0.25, -0.2) is 0 Å². The molecule has 1 amide bonds. The second-order valence-electron chi connectivity index (χ2n) is 7.12. The third-order valence-corrected chi connectivity index (χ3v) is 7.19. The van der Waals surface area contributed by atoms with Crippen molar-refractivity contribution >= 4 is 45.3 Å². The summed E-state index contributed by atoms with van der Waals surface area (Å²) in [4.78, 5) is 29.9. The standard InChI is InChI=1S/C23H17NO4S2/c1-13-8-10-30-22(13)19-18(20(25)17-11-14-5-2-3-7-16(14)28-17)21(26)23(27)24(19)12-15-6-4-9-29-15/h2-11,19,26H,12H2,1H3. The number of thiophene rings is 2. The Morgan fingerprint density at radius 1 is 1.13 bits per heavy atom. The van der Waals surface area contributed by atoms with Crippen molar-refractivity contribution < 1.29 is 19.1 Å². The summed E-state index contributed by atoms with van der Waals surface area (Å²) in [5.41, 5.74) is 1.63. The molecule has 0 bridgehead atoms. The predicted molar refractivity (Wildman–Crippen MR) is 117 cm³/mol. The SMILES string of the molecule is Cc1ccsc1C1C(C(=O)c2cc3ccccc3o2)=C(O)C(=O)N1Cc1cccs1. The number of aliphatic hydroxyl groups excluding tert-OH is 1. The van der Waals surface area contributed by atoms with E-state index in [0.717, 1.165) is 20.7 Å². The Labute approximate surface area is 180 Å². The van der Waals surface area contributed by atoms with Crippen LogP contribution in [0.1, 0.15) is 31.9 Å². The van der Waals surface area contributed by atoms with Gasteiger partial charge in [0.2, 0.25) is 5.78 Å². The van der Waals surface area contributed by atoms with Gasteiger partial charge in [0.1, 0.15) is 11.6 Å². The van der Waals surface area contributed by atoms with E-state index in [0.29, 0.717) is 12.1 Å². The van der Waals surface area contributed by atoms with E-state index in [1.165, 1.54) is 22.7 Å². The maximum Gasteiger partial charge on any atom is 0.290 e. The molecular weight excluding hydrogens is 418 g/mol. The Morgan fingerprint density at radius 3 is 2.67 bits per heavy atom. The number of hydrogen-bond acceptors (Lipinski definition) is 6. The van der Waals surface area contributed by atoms with Gasteiger partial charge >= 0.3 is 0 Å². The fourth-order valence-electron chi connectivity index (χ4n) is 3.78. The molecule has 0 radical (unpaired) electrons. The zero-order valence-electron chi connectivity index (χ0n) is 16.0. The van der Waals surface area contributed by atoms with Gasteiger partial charge in [-0.3, -0.25) is 9.59 Å². The zero-order chi connectivity index (χ0) is 20.8. The number of benzene rings is 1. The molecule has 1 N–H and O–H groups in total. The van der Waals surface area contributed by atoms with E-state index in [-0.39, 0.29) is 11.3 Å². The molecule has 4 aromatic rings. The van der Waals surface area contributed by atoms with E-state index in [2.05, 4.69) is 0 Å². The minimum Gasteiger partial charge on any atom is -0.503 e. The van der Waals surface area contributed by atoms with E-state index < -0.39 is 23.5 Å². The third-order valence-electron chi connectivity index (χ3n) is 5.25. The van der Waals surface area contributed by atoms with E-state index in [1.807, 2.05) is 54.1 Å². The molecule has 0 saturated carbocycles. The lowest BCUT2D eigenvalue weighted by Crippen LogP contribution is -2.30. The number of ketones is 1. The van der Waals surface area contributed by atoms with Crippen LogP contribution in [0.25, 0.3) is 11.0 Å². The van der Waals surface area contributed by atoms with E-state index >= 15 is 0 Å². The molecule has 1 aromatic carbocycles. The molecule has 3 aromatic heterocycles. The van der Waals surface area contributed by atoms with Crippen LogP contribution in [0.4, 0.5) is 0 Å². The molecule has 5 rings (SSSR count). The lowest BCUT2D eigenvalue weighted by molar-refractivity contribution is -0.129. The summed E-state index contributed by atoms with van der Waals surface area (Å²) >= 11 is 3.00. The second-order valence-corrected chi connectivity index (χ2v) is 9.10. The van der Waals surface area contributed by atoms with E-state index in [9.17, 15) is 14.7 Å². The van der Waals surface area contributed by atoms with Crippen molar-refractivity contribution in [1.29, 1.82) is 0 Å². The summed E-state index contributed by atoms with van der Waals surface area (Å²) in [5.74, 6) is -1.40. The molecule has 30 heavy (non-hydrogen) atoms. The van der Waals surface area contributed by atoms with Crippen LogP contribution < -0.4 is 0 Å². The molecule has 1 atom stereocenters. The third kappa shape index (κ3) is 2.98. The van der Waals surface area contributed by atoms with Crippen molar-refractivity contribution in [1.82, 2.24) is 4.90 Å². The topological polar surface area (TPSA) is 70.7 Å². The first-order valence-electron chi connectivity index (χ1n) is 9.38. The van der Waals surface area contributed by atoms with Crippen molar-refractivity contribution in [3.05, 3.63) is 91.7 Å². The number of hydrogen-bond donors (Lipinski definition) is 1. The summed E-state index contributed by atoms with van der Waals surface area (Å²) in [5, 5.41) is 15.4. The molecule has 150 valence electrons. The number of carbonyl (C=O) groups excluding carboxylic acids is 2. The largest absolute Gasteiger partial charge is 0.503 e. The van der Waals surface area contributed by atoms with Crippen LogP contribution in [-0.2, 0) is 11.3 Å². The van der Waals surface area contributed by atoms with Gasteiger partial charge < -0.3 is 14.4 Å². The van der Waals surface area contributed by atoms with Gasteiger partial charge in [0.15, 0.2) is 11.5 Å². The minimum absolute atomic E-state index is 0.0705. The number of furan rings is 1. The monoisotopic (exact) mass is 435 g/mol. The number of para-hydroxylation sites is 1. The maximum absolute atomic E-state index is 13.5. The number of aryl methyl sites for hydroxylation is 1. The van der Waals surface area contributed by atoms with Gasteiger partial charge in [0.25, 0.3) is 5.91 Å². The first-order chi connectivity index (χ1) is 14.5. The average molecular weight is 436 g/mol. The van der Waals surface area contributed by atoms with Crippen LogP contribution in [0.2, 0.25) is 0 Å². The molecule has 0 fully saturated rings. The Bertz CT molecular complexity index is 1260. The van der Waals surface area contributed by atoms with Gasteiger partial charge in [0, 0.05) is 15.1 Å². The molecule has 1 aliphatic heterocycles. The fourth-order valence-corrected chi connectivity index (χ4v) is 5.53. The Hall–Kier alpha value is -3.16. The first kappa shape index (κ1) is 18.8. The number of rotatable bonds is 5. The molecule has 0 spiro atoms. The highest BCUT2D eigenvalue weighted by Gasteiger charge is 2.45. The Balaban J connectivity index is 1.61. The highest BCUT2D eigenvalue weighted by Crippen LogP contribution is 2.43. The van der Waals surface area contributed by atoms with Crippen LogP contribution in [0.3, 0.4) is 0 Å². The molecule has 5 nitrogen and oxygen atoms in total. The van der Waals surface area contributed by atoms with Gasteiger partial charge in [-0.1, -0.05) is 24.3 Å². The molecule has 0 saturated heterocycles. The Morgan fingerprint density at radius 2 is 1.97 bits per heavy atom. The number of aliphatic hydroxyl groups is 1. The molecule has 4 heterocycles. The number of amides is 1. The van der Waals surface area contributed by atoms with Crippen molar-refractivity contribution in [3.8, 4) is 0 Å². The van der Waals surface area contributed by atoms with Gasteiger partial charge in [0.05, 0.1) is 12.1 Å². The molecular formula is C23H17NO4S2. The van der Waals surface area contributed by atoms with Crippen LogP contribution in [-0.4, -0.2) is 21.7 Å². The summed E-state index contributed by atoms with van der Waals surface area (Å²) in [6.45, 7) is 2.26. The normalized spacial score (nSPS) is 16.8.